The molecule has 2 N–H and O–H groups in total. The van der Waals surface area contributed by atoms with Gasteiger partial charge in [-0.2, -0.15) is 0 Å². The Bertz CT molecular complexity index is 1060. The van der Waals surface area contributed by atoms with Crippen LogP contribution in [0.2, 0.25) is 0 Å². The number of hydrogen-bond donors (Lipinski definition) is 2. The van der Waals surface area contributed by atoms with Crippen molar-refractivity contribution in [2.45, 2.75) is 36.5 Å². The summed E-state index contributed by atoms with van der Waals surface area (Å²) in [6.45, 7) is 5.10. The molecule has 0 aliphatic carbocycles. The van der Waals surface area contributed by atoms with Crippen molar-refractivity contribution in [1.29, 1.82) is 0 Å². The van der Waals surface area contributed by atoms with E-state index in [1.807, 2.05) is 38.1 Å². The maximum atomic E-state index is 11.9. The summed E-state index contributed by atoms with van der Waals surface area (Å²) >= 11 is 6.58. The first-order chi connectivity index (χ1) is 14.0. The van der Waals surface area contributed by atoms with Crippen molar-refractivity contribution < 1.29 is 16.8 Å². The van der Waals surface area contributed by atoms with E-state index in [-0.39, 0.29) is 0 Å². The minimum Gasteiger partial charge on any atom is -0.211 e. The number of rotatable bonds is 0. The van der Waals surface area contributed by atoms with E-state index >= 15 is 0 Å². The highest BCUT2D eigenvalue weighted by Gasteiger charge is 2.25. The zero-order valence-corrected chi connectivity index (χ0v) is 21.5. The monoisotopic (exact) mass is 578 g/mol. The van der Waals surface area contributed by atoms with Gasteiger partial charge < -0.3 is 0 Å². The Labute approximate surface area is 195 Å². The van der Waals surface area contributed by atoms with Crippen LogP contribution in [0, 0.1) is 11.8 Å². The Hall–Kier alpha value is -0.780. The zero-order chi connectivity index (χ0) is 22.1. The highest BCUT2D eigenvalue weighted by Crippen LogP contribution is 2.26. The van der Waals surface area contributed by atoms with Crippen LogP contribution >= 0.6 is 31.9 Å². The van der Waals surface area contributed by atoms with Gasteiger partial charge in [0.15, 0.2) is 0 Å². The fourth-order valence-electron chi connectivity index (χ4n) is 3.45. The van der Waals surface area contributed by atoms with Crippen LogP contribution in [0.4, 0.5) is 0 Å². The van der Waals surface area contributed by atoms with Crippen molar-refractivity contribution >= 4 is 51.9 Å². The standard InChI is InChI=1S/2C10H12BrNO2S/c2*1-7-4-8-2-3-9(11)5-10(8)15(13,14)12-6-7/h2*2-3,5,7,12H,4,6H2,1H3/t2*7-/m10/s1. The number of nitrogens with one attached hydrogen (secondary N) is 2. The number of fused-ring (bicyclic) bond motifs is 2. The van der Waals surface area contributed by atoms with Crippen molar-refractivity contribution in [3.63, 3.8) is 0 Å². The highest BCUT2D eigenvalue weighted by molar-refractivity contribution is 9.10. The van der Waals surface area contributed by atoms with Crippen LogP contribution in [0.15, 0.2) is 55.1 Å². The number of hydrogen-bond acceptors (Lipinski definition) is 4. The molecular weight excluding hydrogens is 556 g/mol. The van der Waals surface area contributed by atoms with Crippen LogP contribution in [-0.2, 0) is 32.9 Å². The van der Waals surface area contributed by atoms with Crippen molar-refractivity contribution in [2.24, 2.45) is 11.8 Å². The SMILES string of the molecule is C[C@@H]1CNS(=O)(=O)c2cc(Br)ccc2C1.C[C@H]1CNS(=O)(=O)c2cc(Br)ccc2C1. The summed E-state index contributed by atoms with van der Waals surface area (Å²) in [5.74, 6) is 0.671. The minimum atomic E-state index is -3.31. The molecule has 164 valence electrons. The zero-order valence-electron chi connectivity index (χ0n) is 16.7. The topological polar surface area (TPSA) is 92.3 Å². The van der Waals surface area contributed by atoms with Crippen LogP contribution in [0.25, 0.3) is 0 Å². The quantitative estimate of drug-likeness (QED) is 0.496. The van der Waals surface area contributed by atoms with E-state index in [1.165, 1.54) is 0 Å². The molecule has 2 aromatic rings. The van der Waals surface area contributed by atoms with Crippen molar-refractivity contribution in [1.82, 2.24) is 9.44 Å². The molecule has 0 spiro atoms. The van der Waals surface area contributed by atoms with Gasteiger partial charge in [0, 0.05) is 22.0 Å². The van der Waals surface area contributed by atoms with Crippen LogP contribution in [0.5, 0.6) is 0 Å². The summed E-state index contributed by atoms with van der Waals surface area (Å²) in [4.78, 5) is 0.808. The maximum absolute atomic E-state index is 11.9. The molecule has 0 radical (unpaired) electrons. The molecule has 2 atom stereocenters. The third kappa shape index (κ3) is 5.72. The van der Waals surface area contributed by atoms with Gasteiger partial charge in [0.2, 0.25) is 20.0 Å². The first kappa shape index (κ1) is 23.9. The van der Waals surface area contributed by atoms with E-state index in [9.17, 15) is 16.8 Å². The molecule has 2 aromatic carbocycles. The van der Waals surface area contributed by atoms with Gasteiger partial charge in [-0.05, 0) is 60.1 Å². The fourth-order valence-corrected chi connectivity index (χ4v) is 7.35. The maximum Gasteiger partial charge on any atom is 0.240 e. The average Bonchev–Trinajstić information content (AvgIpc) is 2.86. The summed E-state index contributed by atoms with van der Waals surface area (Å²) in [5.41, 5.74) is 1.80. The Morgan fingerprint density at radius 2 is 1.10 bits per heavy atom. The lowest BCUT2D eigenvalue weighted by atomic mass is 10.0. The Morgan fingerprint density at radius 1 is 0.733 bits per heavy atom. The smallest absolute Gasteiger partial charge is 0.211 e. The van der Waals surface area contributed by atoms with Gasteiger partial charge in [-0.25, -0.2) is 26.3 Å². The largest absolute Gasteiger partial charge is 0.240 e. The Morgan fingerprint density at radius 3 is 1.47 bits per heavy atom. The lowest BCUT2D eigenvalue weighted by molar-refractivity contribution is 0.551. The number of benzene rings is 2. The first-order valence-corrected chi connectivity index (χ1v) is 14.1. The molecule has 0 fully saturated rings. The lowest BCUT2D eigenvalue weighted by Crippen LogP contribution is -2.26. The van der Waals surface area contributed by atoms with E-state index in [0.29, 0.717) is 34.7 Å². The molecule has 0 amide bonds. The number of sulfonamides is 2. The van der Waals surface area contributed by atoms with Crippen LogP contribution in [0.3, 0.4) is 0 Å². The predicted octanol–water partition coefficient (Wildman–Crippen LogP) is 3.84. The summed E-state index contributed by atoms with van der Waals surface area (Å²) in [5, 5.41) is 0. The summed E-state index contributed by atoms with van der Waals surface area (Å²) < 4.78 is 54.2. The van der Waals surface area contributed by atoms with Gasteiger partial charge in [-0.15, -0.1) is 0 Å². The third-order valence-corrected chi connectivity index (χ3v) is 9.02. The van der Waals surface area contributed by atoms with Crippen molar-refractivity contribution in [3.8, 4) is 0 Å². The van der Waals surface area contributed by atoms with Gasteiger partial charge in [0.25, 0.3) is 0 Å². The molecule has 0 aromatic heterocycles. The summed E-state index contributed by atoms with van der Waals surface area (Å²) in [6.07, 6.45) is 1.60. The van der Waals surface area contributed by atoms with Crippen LogP contribution in [-0.4, -0.2) is 29.9 Å². The minimum absolute atomic E-state index is 0.335. The number of halogens is 2. The normalized spacial score (nSPS) is 24.3. The van der Waals surface area contributed by atoms with Crippen LogP contribution < -0.4 is 9.44 Å². The Kier molecular flexibility index (Phi) is 7.46. The van der Waals surface area contributed by atoms with E-state index in [0.717, 1.165) is 32.9 Å². The van der Waals surface area contributed by atoms with Gasteiger partial charge >= 0.3 is 0 Å². The van der Waals surface area contributed by atoms with Gasteiger partial charge in [-0.3, -0.25) is 0 Å². The molecule has 2 aliphatic heterocycles. The molecule has 0 saturated carbocycles. The van der Waals surface area contributed by atoms with Crippen molar-refractivity contribution in [2.75, 3.05) is 13.1 Å². The molecule has 4 rings (SSSR count). The lowest BCUT2D eigenvalue weighted by Gasteiger charge is -2.06. The summed E-state index contributed by atoms with van der Waals surface area (Å²) in [7, 11) is -6.63. The molecule has 0 unspecified atom stereocenters. The molecule has 10 heteroatoms. The molecule has 6 nitrogen and oxygen atoms in total. The van der Waals surface area contributed by atoms with E-state index in [4.69, 9.17) is 0 Å². The molecule has 2 heterocycles. The second kappa shape index (κ2) is 9.38. The molecule has 30 heavy (non-hydrogen) atoms. The second-order valence-electron chi connectivity index (χ2n) is 7.83. The highest BCUT2D eigenvalue weighted by atomic mass is 79.9. The van der Waals surface area contributed by atoms with E-state index in [1.54, 1.807) is 12.1 Å². The molecule has 0 saturated heterocycles. The van der Waals surface area contributed by atoms with E-state index in [2.05, 4.69) is 41.3 Å². The second-order valence-corrected chi connectivity index (χ2v) is 13.1. The predicted molar refractivity (Wildman–Crippen MR) is 124 cm³/mol. The fraction of sp³-hybridized carbons (Fsp3) is 0.400. The third-order valence-electron chi connectivity index (χ3n) is 5.02. The van der Waals surface area contributed by atoms with Gasteiger partial charge in [0.05, 0.1) is 9.79 Å². The Balaban J connectivity index is 0.000000171. The van der Waals surface area contributed by atoms with Gasteiger partial charge in [-0.1, -0.05) is 57.8 Å². The van der Waals surface area contributed by atoms with Crippen molar-refractivity contribution in [3.05, 3.63) is 56.5 Å². The molecule has 2 aliphatic rings. The molecule has 0 bridgehead atoms. The van der Waals surface area contributed by atoms with E-state index < -0.39 is 20.0 Å². The first-order valence-electron chi connectivity index (χ1n) is 9.54. The summed E-state index contributed by atoms with van der Waals surface area (Å²) in [6, 6.07) is 10.8. The average molecular weight is 580 g/mol. The molecular formula is C20H24Br2N2O4S2. The van der Waals surface area contributed by atoms with Crippen LogP contribution in [0.1, 0.15) is 25.0 Å². The van der Waals surface area contributed by atoms with Gasteiger partial charge in [0.1, 0.15) is 0 Å².